The number of anilines is 1. The number of pyridine rings is 2. The van der Waals surface area contributed by atoms with Crippen molar-refractivity contribution >= 4 is 40.6 Å². The highest BCUT2D eigenvalue weighted by Gasteiger charge is 2.23. The highest BCUT2D eigenvalue weighted by Crippen LogP contribution is 2.22. The summed E-state index contributed by atoms with van der Waals surface area (Å²) in [6.07, 6.45) is 6.66. The molecule has 0 aliphatic carbocycles. The summed E-state index contributed by atoms with van der Waals surface area (Å²) in [4.78, 5) is 33.5. The molecule has 0 aromatic carbocycles. The van der Waals surface area contributed by atoms with Crippen LogP contribution < -0.4 is 10.6 Å². The first-order chi connectivity index (χ1) is 16.0. The largest absolute Gasteiger partial charge is 0.480 e. The molecule has 3 aromatic rings. The molecule has 3 N–H and O–H groups in total. The van der Waals surface area contributed by atoms with Gasteiger partial charge >= 0.3 is 5.97 Å². The first kappa shape index (κ1) is 23.2. The van der Waals surface area contributed by atoms with Gasteiger partial charge in [0.2, 0.25) is 0 Å². The van der Waals surface area contributed by atoms with E-state index in [0.29, 0.717) is 9.90 Å². The number of hydrogen-bond acceptors (Lipinski definition) is 6. The van der Waals surface area contributed by atoms with Crippen molar-refractivity contribution in [2.24, 2.45) is 0 Å². The standard InChI is InChI=1S/C24H25ClN4O3S/c25-19-10-12-33-21(19)23(30)29-20(24(31)32)13-15-6-8-17(27-14-15)4-1-5-18-9-7-16-3-2-11-26-22(16)28-18/h6-10,12,14,20H,1-5,11,13H2,(H,26,28)(H,29,30)(H,31,32). The van der Waals surface area contributed by atoms with Gasteiger partial charge in [-0.25, -0.2) is 9.78 Å². The predicted octanol–water partition coefficient (Wildman–Crippen LogP) is 4.15. The zero-order valence-electron chi connectivity index (χ0n) is 18.0. The molecule has 0 fully saturated rings. The Kier molecular flexibility index (Phi) is 7.57. The number of thiophene rings is 1. The van der Waals surface area contributed by atoms with Gasteiger partial charge in [-0.1, -0.05) is 23.7 Å². The second kappa shape index (κ2) is 10.8. The number of halogens is 1. The van der Waals surface area contributed by atoms with Gasteiger partial charge in [-0.15, -0.1) is 11.3 Å². The summed E-state index contributed by atoms with van der Waals surface area (Å²) < 4.78 is 0. The van der Waals surface area contributed by atoms with Gasteiger partial charge in [0.25, 0.3) is 5.91 Å². The first-order valence-electron chi connectivity index (χ1n) is 10.9. The second-order valence-corrected chi connectivity index (χ2v) is 9.34. The number of rotatable bonds is 9. The van der Waals surface area contributed by atoms with E-state index in [4.69, 9.17) is 16.6 Å². The molecule has 172 valence electrons. The number of carbonyl (C=O) groups excluding carboxylic acids is 1. The summed E-state index contributed by atoms with van der Waals surface area (Å²) in [6.45, 7) is 0.980. The minimum atomic E-state index is -1.10. The quantitative estimate of drug-likeness (QED) is 0.421. The summed E-state index contributed by atoms with van der Waals surface area (Å²) in [5.74, 6) is -0.576. The molecule has 1 atom stereocenters. The van der Waals surface area contributed by atoms with Gasteiger partial charge in [-0.2, -0.15) is 0 Å². The predicted molar refractivity (Wildman–Crippen MR) is 129 cm³/mol. The van der Waals surface area contributed by atoms with Crippen molar-refractivity contribution in [2.45, 2.75) is 44.6 Å². The lowest BCUT2D eigenvalue weighted by molar-refractivity contribution is -0.139. The third-order valence-electron chi connectivity index (χ3n) is 5.57. The third-order valence-corrected chi connectivity index (χ3v) is 6.91. The van der Waals surface area contributed by atoms with Crippen LogP contribution in [-0.4, -0.2) is 39.5 Å². The van der Waals surface area contributed by atoms with E-state index in [0.717, 1.165) is 61.4 Å². The van der Waals surface area contributed by atoms with Gasteiger partial charge < -0.3 is 15.7 Å². The maximum absolute atomic E-state index is 12.3. The number of carbonyl (C=O) groups is 2. The lowest BCUT2D eigenvalue weighted by Crippen LogP contribution is -2.42. The number of carboxylic acids is 1. The fourth-order valence-electron chi connectivity index (χ4n) is 3.80. The number of aryl methyl sites for hydroxylation is 3. The van der Waals surface area contributed by atoms with Crippen molar-refractivity contribution in [2.75, 3.05) is 11.9 Å². The van der Waals surface area contributed by atoms with Crippen molar-refractivity contribution < 1.29 is 14.7 Å². The Morgan fingerprint density at radius 3 is 2.73 bits per heavy atom. The average molecular weight is 485 g/mol. The van der Waals surface area contributed by atoms with Crippen molar-refractivity contribution in [3.05, 3.63) is 74.3 Å². The minimum Gasteiger partial charge on any atom is -0.480 e. The van der Waals surface area contributed by atoms with E-state index in [2.05, 4.69) is 27.8 Å². The monoisotopic (exact) mass is 484 g/mol. The van der Waals surface area contributed by atoms with Crippen molar-refractivity contribution in [3.63, 3.8) is 0 Å². The summed E-state index contributed by atoms with van der Waals surface area (Å²) in [5.41, 5.74) is 4.05. The molecular weight excluding hydrogens is 460 g/mol. The molecule has 3 aromatic heterocycles. The van der Waals surface area contributed by atoms with Crippen LogP contribution in [0, 0.1) is 0 Å². The number of fused-ring (bicyclic) bond motifs is 1. The van der Waals surface area contributed by atoms with Gasteiger partial charge in [0.15, 0.2) is 0 Å². The molecule has 1 amide bonds. The van der Waals surface area contributed by atoms with Crippen LogP contribution in [0.1, 0.15) is 45.0 Å². The number of nitrogens with zero attached hydrogens (tertiary/aromatic N) is 2. The molecule has 0 saturated heterocycles. The highest BCUT2D eigenvalue weighted by atomic mass is 35.5. The average Bonchev–Trinajstić information content (AvgIpc) is 3.25. The van der Waals surface area contributed by atoms with Gasteiger partial charge in [-0.3, -0.25) is 9.78 Å². The molecule has 4 heterocycles. The van der Waals surface area contributed by atoms with E-state index < -0.39 is 17.9 Å². The number of aromatic nitrogens is 2. The van der Waals surface area contributed by atoms with E-state index in [9.17, 15) is 14.7 Å². The van der Waals surface area contributed by atoms with Gasteiger partial charge in [0.05, 0.1) is 5.02 Å². The molecule has 1 unspecified atom stereocenters. The number of amides is 1. The smallest absolute Gasteiger partial charge is 0.326 e. The van der Waals surface area contributed by atoms with E-state index in [1.54, 1.807) is 17.6 Å². The zero-order valence-corrected chi connectivity index (χ0v) is 19.6. The molecule has 7 nitrogen and oxygen atoms in total. The topological polar surface area (TPSA) is 104 Å². The van der Waals surface area contributed by atoms with Crippen LogP contribution in [0.25, 0.3) is 0 Å². The van der Waals surface area contributed by atoms with Crippen LogP contribution in [0.2, 0.25) is 5.02 Å². The van der Waals surface area contributed by atoms with Crippen LogP contribution in [0.15, 0.2) is 41.9 Å². The zero-order chi connectivity index (χ0) is 23.2. The van der Waals surface area contributed by atoms with E-state index in [1.807, 2.05) is 12.1 Å². The number of carboxylic acid groups (broad SMARTS) is 1. The SMILES string of the molecule is O=C(NC(Cc1ccc(CCCc2ccc3c(n2)NCCC3)nc1)C(=O)O)c1sccc1Cl. The summed E-state index contributed by atoms with van der Waals surface area (Å²) in [7, 11) is 0. The summed E-state index contributed by atoms with van der Waals surface area (Å²) >= 11 is 7.15. The van der Waals surface area contributed by atoms with Crippen LogP contribution >= 0.6 is 22.9 Å². The van der Waals surface area contributed by atoms with Crippen molar-refractivity contribution in [1.29, 1.82) is 0 Å². The van der Waals surface area contributed by atoms with Gasteiger partial charge in [-0.05, 0) is 66.8 Å². The van der Waals surface area contributed by atoms with Crippen LogP contribution in [0.5, 0.6) is 0 Å². The molecule has 0 saturated carbocycles. The molecule has 4 rings (SSSR count). The van der Waals surface area contributed by atoms with E-state index >= 15 is 0 Å². The Morgan fingerprint density at radius 1 is 1.18 bits per heavy atom. The van der Waals surface area contributed by atoms with E-state index in [-0.39, 0.29) is 6.42 Å². The summed E-state index contributed by atoms with van der Waals surface area (Å²) in [6, 6.07) is 8.59. The fraction of sp³-hybridized carbons (Fsp3) is 0.333. The first-order valence-corrected chi connectivity index (χ1v) is 12.2. The van der Waals surface area contributed by atoms with Crippen molar-refractivity contribution in [1.82, 2.24) is 15.3 Å². The second-order valence-electron chi connectivity index (χ2n) is 8.02. The molecule has 9 heteroatoms. The normalized spacial score (nSPS) is 13.6. The van der Waals surface area contributed by atoms with E-state index in [1.165, 1.54) is 16.9 Å². The Balaban J connectivity index is 1.29. The lowest BCUT2D eigenvalue weighted by Gasteiger charge is -2.17. The third kappa shape index (κ3) is 6.09. The lowest BCUT2D eigenvalue weighted by atomic mass is 10.0. The van der Waals surface area contributed by atoms with Gasteiger partial charge in [0, 0.05) is 30.6 Å². The molecule has 0 spiro atoms. The minimum absolute atomic E-state index is 0.142. The Hall–Kier alpha value is -2.97. The van der Waals surface area contributed by atoms with Gasteiger partial charge in [0.1, 0.15) is 16.7 Å². The van der Waals surface area contributed by atoms with Crippen molar-refractivity contribution in [3.8, 4) is 0 Å². The number of hydrogen-bond donors (Lipinski definition) is 3. The molecule has 33 heavy (non-hydrogen) atoms. The number of nitrogens with one attached hydrogen (secondary N) is 2. The fourth-order valence-corrected chi connectivity index (χ4v) is 4.84. The highest BCUT2D eigenvalue weighted by molar-refractivity contribution is 7.12. The Bertz CT molecular complexity index is 1130. The molecular formula is C24H25ClN4O3S. The maximum atomic E-state index is 12.3. The molecule has 1 aliphatic heterocycles. The number of aliphatic carboxylic acids is 1. The maximum Gasteiger partial charge on any atom is 0.326 e. The summed E-state index contributed by atoms with van der Waals surface area (Å²) in [5, 5.41) is 17.4. The molecule has 0 radical (unpaired) electrons. The van der Waals surface area contributed by atoms with Crippen LogP contribution in [0.4, 0.5) is 5.82 Å². The molecule has 1 aliphatic rings. The molecule has 0 bridgehead atoms. The van der Waals surface area contributed by atoms with Crippen LogP contribution in [0.3, 0.4) is 0 Å². The van der Waals surface area contributed by atoms with Crippen LogP contribution in [-0.2, 0) is 30.5 Å². The Labute approximate surface area is 201 Å². The Morgan fingerprint density at radius 2 is 2.00 bits per heavy atom.